The van der Waals surface area contributed by atoms with Gasteiger partial charge >= 0.3 is 5.97 Å². The van der Waals surface area contributed by atoms with E-state index in [2.05, 4.69) is 4.74 Å². The number of hydrogen-bond acceptors (Lipinski definition) is 6. The second-order valence-electron chi connectivity index (χ2n) is 4.21. The van der Waals surface area contributed by atoms with Gasteiger partial charge < -0.3 is 24.8 Å². The molecule has 0 heterocycles. The summed E-state index contributed by atoms with van der Waals surface area (Å²) in [5.41, 5.74) is 0.965. The molecule has 6 heteroatoms. The van der Waals surface area contributed by atoms with E-state index >= 15 is 0 Å². The third-order valence-electron chi connectivity index (χ3n) is 2.04. The predicted octanol–water partition coefficient (Wildman–Crippen LogP) is 2.15. The van der Waals surface area contributed by atoms with Crippen molar-refractivity contribution in [3.05, 3.63) is 35.9 Å². The van der Waals surface area contributed by atoms with Crippen molar-refractivity contribution in [2.45, 2.75) is 40.7 Å². The van der Waals surface area contributed by atoms with Gasteiger partial charge in [-0.25, -0.2) is 0 Å². The molecule has 0 spiro atoms. The largest absolute Gasteiger partial charge is 0.466 e. The Morgan fingerprint density at radius 3 is 1.62 bits per heavy atom. The molecular formula is C18H34O6. The molecule has 0 atom stereocenters. The highest BCUT2D eigenvalue weighted by Crippen LogP contribution is 1.95. The highest BCUT2D eigenvalue weighted by molar-refractivity contribution is 5.65. The van der Waals surface area contributed by atoms with Gasteiger partial charge in [0, 0.05) is 20.1 Å². The topological polar surface area (TPSA) is 96.2 Å². The van der Waals surface area contributed by atoms with E-state index in [1.54, 1.807) is 0 Å². The molecule has 0 aliphatic heterocycles. The van der Waals surface area contributed by atoms with E-state index in [1.807, 2.05) is 51.1 Å². The lowest BCUT2D eigenvalue weighted by atomic mass is 10.2. The van der Waals surface area contributed by atoms with Crippen LogP contribution in [0.5, 0.6) is 0 Å². The van der Waals surface area contributed by atoms with Gasteiger partial charge in [-0.2, -0.15) is 0 Å². The quantitative estimate of drug-likeness (QED) is 0.683. The highest BCUT2D eigenvalue weighted by atomic mass is 16.5. The Hall–Kier alpha value is -1.47. The van der Waals surface area contributed by atoms with E-state index in [1.165, 1.54) is 6.92 Å². The number of carbonyl (C=O) groups excluding carboxylic acids is 1. The normalized spacial score (nSPS) is 8.46. The van der Waals surface area contributed by atoms with Gasteiger partial charge in [-0.15, -0.1) is 0 Å². The van der Waals surface area contributed by atoms with Crippen LogP contribution in [0.25, 0.3) is 0 Å². The molecule has 0 aromatic heterocycles. The van der Waals surface area contributed by atoms with Crippen LogP contribution < -0.4 is 0 Å². The summed E-state index contributed by atoms with van der Waals surface area (Å²) in [5.74, 6) is -0.193. The smallest absolute Gasteiger partial charge is 0.302 e. The molecule has 0 saturated carbocycles. The molecular weight excluding hydrogens is 312 g/mol. The number of carbonyl (C=O) groups is 1. The van der Waals surface area contributed by atoms with E-state index in [0.717, 1.165) is 25.2 Å². The lowest BCUT2D eigenvalue weighted by Crippen LogP contribution is -1.98. The van der Waals surface area contributed by atoms with Gasteiger partial charge in [0.15, 0.2) is 0 Å². The van der Waals surface area contributed by atoms with Gasteiger partial charge in [0.25, 0.3) is 0 Å². The molecule has 0 aliphatic rings. The molecule has 0 amide bonds. The number of ether oxygens (including phenoxy) is 2. The fraction of sp³-hybridized carbons (Fsp3) is 0.611. The van der Waals surface area contributed by atoms with Crippen molar-refractivity contribution in [2.24, 2.45) is 0 Å². The van der Waals surface area contributed by atoms with Crippen molar-refractivity contribution in [1.29, 1.82) is 0 Å². The summed E-state index contributed by atoms with van der Waals surface area (Å²) in [6.07, 6.45) is 0.902. The summed E-state index contributed by atoms with van der Waals surface area (Å²) >= 11 is 0. The maximum absolute atomic E-state index is 9.98. The van der Waals surface area contributed by atoms with Gasteiger partial charge in [0.1, 0.15) is 0 Å². The van der Waals surface area contributed by atoms with E-state index in [9.17, 15) is 4.79 Å². The summed E-state index contributed by atoms with van der Waals surface area (Å²) in [5, 5.41) is 23.8. The summed E-state index contributed by atoms with van der Waals surface area (Å²) in [6, 6.07) is 9.52. The zero-order chi connectivity index (χ0) is 19.1. The zero-order valence-corrected chi connectivity index (χ0v) is 15.4. The number of aliphatic hydroxyl groups is 3. The molecule has 1 aromatic rings. The third-order valence-corrected chi connectivity index (χ3v) is 2.04. The molecule has 3 N–H and O–H groups in total. The molecule has 0 fully saturated rings. The Bertz CT molecular complexity index is 326. The number of rotatable bonds is 6. The van der Waals surface area contributed by atoms with Gasteiger partial charge in [0.2, 0.25) is 0 Å². The van der Waals surface area contributed by atoms with Gasteiger partial charge in [-0.05, 0) is 25.8 Å². The Balaban J connectivity index is -0.000000255. The molecule has 0 radical (unpaired) electrons. The summed E-state index contributed by atoms with van der Waals surface area (Å²) in [6.45, 7) is 9.48. The van der Waals surface area contributed by atoms with Crippen molar-refractivity contribution in [2.75, 3.05) is 33.0 Å². The second kappa shape index (κ2) is 26.4. The minimum absolute atomic E-state index is 0.125. The summed E-state index contributed by atoms with van der Waals surface area (Å²) < 4.78 is 9.39. The molecule has 0 bridgehead atoms. The Kier molecular flexibility index (Phi) is 30.2. The van der Waals surface area contributed by atoms with E-state index < -0.39 is 0 Å². The SMILES string of the molecule is CCCOC(C)=O.CCOCC.OCCO.OCc1ccccc1. The van der Waals surface area contributed by atoms with Crippen molar-refractivity contribution in [1.82, 2.24) is 0 Å². The fourth-order valence-corrected chi connectivity index (χ4v) is 1.03. The van der Waals surface area contributed by atoms with E-state index in [-0.39, 0.29) is 25.8 Å². The lowest BCUT2D eigenvalue weighted by molar-refractivity contribution is -0.140. The minimum Gasteiger partial charge on any atom is -0.466 e. The molecule has 142 valence electrons. The third kappa shape index (κ3) is 32.5. The van der Waals surface area contributed by atoms with Crippen LogP contribution in [0.15, 0.2) is 30.3 Å². The lowest BCUT2D eigenvalue weighted by Gasteiger charge is -1.93. The van der Waals surface area contributed by atoms with E-state index in [0.29, 0.717) is 6.61 Å². The second-order valence-corrected chi connectivity index (χ2v) is 4.21. The van der Waals surface area contributed by atoms with Crippen molar-refractivity contribution < 1.29 is 29.6 Å². The number of hydrogen-bond donors (Lipinski definition) is 3. The number of benzene rings is 1. The van der Waals surface area contributed by atoms with Gasteiger partial charge in [-0.3, -0.25) is 4.79 Å². The molecule has 0 aliphatic carbocycles. The van der Waals surface area contributed by atoms with Crippen molar-refractivity contribution >= 4 is 5.97 Å². The first-order valence-electron chi connectivity index (χ1n) is 8.11. The monoisotopic (exact) mass is 346 g/mol. The highest BCUT2D eigenvalue weighted by Gasteiger charge is 1.85. The molecule has 24 heavy (non-hydrogen) atoms. The first-order chi connectivity index (χ1) is 11.5. The van der Waals surface area contributed by atoms with Crippen molar-refractivity contribution in [3.63, 3.8) is 0 Å². The van der Waals surface area contributed by atoms with Crippen LogP contribution in [0.3, 0.4) is 0 Å². The van der Waals surface area contributed by atoms with Gasteiger partial charge in [0.05, 0.1) is 26.4 Å². The fourth-order valence-electron chi connectivity index (χ4n) is 1.03. The summed E-state index contributed by atoms with van der Waals surface area (Å²) in [4.78, 5) is 9.98. The van der Waals surface area contributed by atoms with Crippen LogP contribution in [0.2, 0.25) is 0 Å². The standard InChI is InChI=1S/C7H8O.C5H10O2.C4H10O.C2H6O2/c8-6-7-4-2-1-3-5-7;1-3-4-7-5(2)6;1-3-5-4-2;3-1-2-4/h1-5,8H,6H2;3-4H2,1-2H3;3-4H2,1-2H3;3-4H,1-2H2. The molecule has 0 saturated heterocycles. The van der Waals surface area contributed by atoms with E-state index in [4.69, 9.17) is 20.1 Å². The first kappa shape index (κ1) is 27.4. The van der Waals surface area contributed by atoms with Crippen LogP contribution in [0, 0.1) is 0 Å². The minimum atomic E-state index is -0.193. The average Bonchev–Trinajstić information content (AvgIpc) is 2.62. The van der Waals surface area contributed by atoms with Crippen LogP contribution in [0.4, 0.5) is 0 Å². The number of aliphatic hydroxyl groups excluding tert-OH is 3. The molecule has 1 rings (SSSR count). The van der Waals surface area contributed by atoms with Gasteiger partial charge in [-0.1, -0.05) is 37.3 Å². The average molecular weight is 346 g/mol. The van der Waals surface area contributed by atoms with Crippen LogP contribution >= 0.6 is 0 Å². The predicted molar refractivity (Wildman–Crippen MR) is 95.6 cm³/mol. The molecule has 1 aromatic carbocycles. The first-order valence-corrected chi connectivity index (χ1v) is 8.11. The summed E-state index contributed by atoms with van der Waals surface area (Å²) in [7, 11) is 0. The molecule has 0 unspecified atom stereocenters. The maximum atomic E-state index is 9.98. The van der Waals surface area contributed by atoms with Crippen LogP contribution in [-0.4, -0.2) is 54.3 Å². The molecule has 6 nitrogen and oxygen atoms in total. The van der Waals surface area contributed by atoms with Crippen molar-refractivity contribution in [3.8, 4) is 0 Å². The Morgan fingerprint density at radius 1 is 0.958 bits per heavy atom. The Morgan fingerprint density at radius 2 is 1.46 bits per heavy atom. The van der Waals surface area contributed by atoms with Crippen LogP contribution in [0.1, 0.15) is 39.7 Å². The Labute approximate surface area is 146 Å². The number of esters is 1. The zero-order valence-electron chi connectivity index (χ0n) is 15.4. The van der Waals surface area contributed by atoms with Crippen LogP contribution in [-0.2, 0) is 20.9 Å². The maximum Gasteiger partial charge on any atom is 0.302 e.